The van der Waals surface area contributed by atoms with Gasteiger partial charge in [-0.1, -0.05) is 46.0 Å². The minimum absolute atomic E-state index is 0.0799. The third kappa shape index (κ3) is 2.77. The maximum absolute atomic E-state index is 10.8. The number of alkyl carbamates (subject to hydrolysis) is 1. The van der Waals surface area contributed by atoms with Crippen LogP contribution in [0.15, 0.2) is 30.3 Å². The predicted octanol–water partition coefficient (Wildman–Crippen LogP) is 1.91. The number of nitrogens with one attached hydrogen (secondary N) is 1. The number of carbonyl (C=O) groups excluding carboxylic acids is 1. The molecule has 16 heavy (non-hydrogen) atoms. The maximum atomic E-state index is 10.8. The number of carbonyl (C=O) groups is 1. The van der Waals surface area contributed by atoms with Crippen molar-refractivity contribution in [3.63, 3.8) is 0 Å². The number of cyclic esters (lactones) is 1. The molecule has 1 aromatic rings. The second-order valence-electron chi connectivity index (χ2n) is 3.39. The zero-order valence-corrected chi connectivity index (χ0v) is 10.0. The average Bonchev–Trinajstić information content (AvgIpc) is 2.74. The summed E-state index contributed by atoms with van der Waals surface area (Å²) in [5.41, 5.74) is 0.956. The second kappa shape index (κ2) is 5.04. The number of alkyl halides is 1. The summed E-state index contributed by atoms with van der Waals surface area (Å²) in [6.45, 7) is 0.359. The number of hydrogen-bond acceptors (Lipinski definition) is 2. The molecule has 0 saturated carbocycles. The maximum Gasteiger partial charge on any atom is 0.407 e. The van der Waals surface area contributed by atoms with Crippen LogP contribution in [-0.4, -0.2) is 23.6 Å². The van der Waals surface area contributed by atoms with E-state index in [1.807, 2.05) is 30.3 Å². The van der Waals surface area contributed by atoms with E-state index in [2.05, 4.69) is 33.1 Å². The third-order valence-electron chi connectivity index (χ3n) is 2.18. The number of amides is 1. The minimum atomic E-state index is -0.379. The molecular weight excluding hydrogens is 270 g/mol. The third-order valence-corrected chi connectivity index (χ3v) is 3.05. The van der Waals surface area contributed by atoms with Gasteiger partial charge in [-0.3, -0.25) is 0 Å². The van der Waals surface area contributed by atoms with Gasteiger partial charge in [0.15, 0.2) is 0 Å². The van der Waals surface area contributed by atoms with E-state index in [-0.39, 0.29) is 17.0 Å². The predicted molar refractivity (Wildman–Crippen MR) is 64.3 cm³/mol. The van der Waals surface area contributed by atoms with Gasteiger partial charge in [-0.15, -0.1) is 0 Å². The van der Waals surface area contributed by atoms with Crippen LogP contribution >= 0.6 is 15.9 Å². The highest BCUT2D eigenvalue weighted by molar-refractivity contribution is 9.09. The van der Waals surface area contributed by atoms with Crippen LogP contribution < -0.4 is 5.32 Å². The lowest BCUT2D eigenvalue weighted by atomic mass is 10.2. The van der Waals surface area contributed by atoms with Crippen LogP contribution in [0.4, 0.5) is 4.79 Å². The van der Waals surface area contributed by atoms with E-state index >= 15 is 0 Å². The molecule has 0 radical (unpaired) electrons. The van der Waals surface area contributed by atoms with Crippen molar-refractivity contribution in [1.29, 1.82) is 0 Å². The van der Waals surface area contributed by atoms with Crippen molar-refractivity contribution in [2.24, 2.45) is 0 Å². The highest BCUT2D eigenvalue weighted by Crippen LogP contribution is 2.10. The van der Waals surface area contributed by atoms with Crippen LogP contribution in [0.1, 0.15) is 5.56 Å². The molecule has 4 heteroatoms. The summed E-state index contributed by atoms with van der Waals surface area (Å²) in [6.07, 6.45) is -0.379. The van der Waals surface area contributed by atoms with Crippen molar-refractivity contribution in [1.82, 2.24) is 5.32 Å². The van der Waals surface area contributed by atoms with Gasteiger partial charge in [-0.25, -0.2) is 4.79 Å². The van der Waals surface area contributed by atoms with Gasteiger partial charge in [-0.05, 0) is 12.1 Å². The topological polar surface area (TPSA) is 38.3 Å². The summed E-state index contributed by atoms with van der Waals surface area (Å²) < 4.78 is 4.79. The van der Waals surface area contributed by atoms with Crippen LogP contribution in [0.2, 0.25) is 0 Å². The van der Waals surface area contributed by atoms with Crippen LogP contribution in [-0.2, 0) is 4.74 Å². The van der Waals surface area contributed by atoms with Crippen molar-refractivity contribution >= 4 is 22.0 Å². The molecule has 0 aromatic heterocycles. The molecule has 1 fully saturated rings. The average molecular weight is 280 g/mol. The van der Waals surface area contributed by atoms with Gasteiger partial charge in [0, 0.05) is 5.56 Å². The lowest BCUT2D eigenvalue weighted by molar-refractivity contribution is 0.177. The molecule has 2 rings (SSSR count). The van der Waals surface area contributed by atoms with Crippen LogP contribution in [0.3, 0.4) is 0 Å². The van der Waals surface area contributed by atoms with Crippen molar-refractivity contribution in [2.75, 3.05) is 6.61 Å². The first-order valence-electron chi connectivity index (χ1n) is 4.89. The van der Waals surface area contributed by atoms with E-state index in [1.54, 1.807) is 0 Å². The highest BCUT2D eigenvalue weighted by Gasteiger charge is 2.27. The summed E-state index contributed by atoms with van der Waals surface area (Å²) in [4.78, 5) is 10.7. The Hall–Kier alpha value is -1.47. The van der Waals surface area contributed by atoms with Gasteiger partial charge < -0.3 is 10.1 Å². The Morgan fingerprint density at radius 3 is 2.81 bits per heavy atom. The summed E-state index contributed by atoms with van der Waals surface area (Å²) in [5.74, 6) is 6.07. The van der Waals surface area contributed by atoms with Gasteiger partial charge in [0.05, 0.1) is 10.9 Å². The molecule has 0 bridgehead atoms. The van der Waals surface area contributed by atoms with Gasteiger partial charge in [0.25, 0.3) is 0 Å². The van der Waals surface area contributed by atoms with E-state index in [0.717, 1.165) is 5.56 Å². The molecule has 82 valence electrons. The van der Waals surface area contributed by atoms with Crippen molar-refractivity contribution in [3.05, 3.63) is 35.9 Å². The van der Waals surface area contributed by atoms with Crippen LogP contribution in [0.25, 0.3) is 0 Å². The minimum Gasteiger partial charge on any atom is -0.447 e. The number of rotatable bonds is 1. The summed E-state index contributed by atoms with van der Waals surface area (Å²) in [7, 11) is 0. The van der Waals surface area contributed by atoms with Gasteiger partial charge >= 0.3 is 6.09 Å². The normalized spacial score (nSPS) is 20.3. The zero-order valence-electron chi connectivity index (χ0n) is 8.44. The standard InChI is InChI=1S/C12H10BrNO2/c13-10(11-8-16-12(15)14-11)7-6-9-4-2-1-3-5-9/h1-5,10-11H,8H2,(H,14,15)/t10-,11+/m0/s1. The first kappa shape index (κ1) is 11.0. The van der Waals surface area contributed by atoms with Crippen LogP contribution in [0.5, 0.6) is 0 Å². The molecule has 2 atom stereocenters. The van der Waals surface area contributed by atoms with E-state index in [1.165, 1.54) is 0 Å². The molecular formula is C12H10BrNO2. The second-order valence-corrected chi connectivity index (χ2v) is 4.37. The summed E-state index contributed by atoms with van der Waals surface area (Å²) >= 11 is 3.42. The molecule has 1 saturated heterocycles. The Labute approximate surface area is 102 Å². The molecule has 3 nitrogen and oxygen atoms in total. The van der Waals surface area contributed by atoms with Crippen LogP contribution in [0, 0.1) is 11.8 Å². The molecule has 0 aliphatic carbocycles. The smallest absolute Gasteiger partial charge is 0.407 e. The molecule has 1 aliphatic heterocycles. The van der Waals surface area contributed by atoms with Gasteiger partial charge in [-0.2, -0.15) is 0 Å². The molecule has 1 aromatic carbocycles. The Bertz CT molecular complexity index is 435. The van der Waals surface area contributed by atoms with E-state index < -0.39 is 0 Å². The molecule has 0 spiro atoms. The number of benzene rings is 1. The number of hydrogen-bond donors (Lipinski definition) is 1. The first-order chi connectivity index (χ1) is 7.75. The van der Waals surface area contributed by atoms with Crippen molar-refractivity contribution < 1.29 is 9.53 Å². The number of ether oxygens (including phenoxy) is 1. The largest absolute Gasteiger partial charge is 0.447 e. The van der Waals surface area contributed by atoms with Crippen molar-refractivity contribution in [3.8, 4) is 11.8 Å². The molecule has 1 amide bonds. The molecule has 1 heterocycles. The Morgan fingerprint density at radius 2 is 2.19 bits per heavy atom. The Kier molecular flexibility index (Phi) is 3.47. The van der Waals surface area contributed by atoms with E-state index in [9.17, 15) is 4.79 Å². The quantitative estimate of drug-likeness (QED) is 0.630. The summed E-state index contributed by atoms with van der Waals surface area (Å²) in [5, 5.41) is 2.68. The molecule has 1 N–H and O–H groups in total. The Morgan fingerprint density at radius 1 is 1.44 bits per heavy atom. The first-order valence-corrected chi connectivity index (χ1v) is 5.81. The fourth-order valence-electron chi connectivity index (χ4n) is 1.33. The van der Waals surface area contributed by atoms with E-state index in [4.69, 9.17) is 4.74 Å². The van der Waals surface area contributed by atoms with Gasteiger partial charge in [0.1, 0.15) is 6.61 Å². The zero-order chi connectivity index (χ0) is 11.4. The number of halogens is 1. The van der Waals surface area contributed by atoms with Gasteiger partial charge in [0.2, 0.25) is 0 Å². The monoisotopic (exact) mass is 279 g/mol. The fraction of sp³-hybridized carbons (Fsp3) is 0.250. The summed E-state index contributed by atoms with van der Waals surface area (Å²) in [6, 6.07) is 9.62. The highest BCUT2D eigenvalue weighted by atomic mass is 79.9. The van der Waals surface area contributed by atoms with Crippen molar-refractivity contribution in [2.45, 2.75) is 10.9 Å². The Balaban J connectivity index is 2.00. The SMILES string of the molecule is O=C1N[C@@H]([C@@H](Br)C#Cc2ccccc2)CO1. The molecule has 1 aliphatic rings. The lowest BCUT2D eigenvalue weighted by Crippen LogP contribution is -2.33. The van der Waals surface area contributed by atoms with E-state index in [0.29, 0.717) is 6.61 Å². The molecule has 0 unspecified atom stereocenters. The lowest BCUT2D eigenvalue weighted by Gasteiger charge is -2.07. The fourth-order valence-corrected chi connectivity index (χ4v) is 1.73.